The number of aliphatic hydroxyl groups is 1. The monoisotopic (exact) mass is 160 g/mol. The largest absolute Gasteiger partial charge is 0.395 e. The third-order valence-corrected chi connectivity index (χ3v) is 1.49. The fraction of sp³-hybridized carbons (Fsp3) is 1.00. The normalized spacial score (nSPS) is 12.5. The lowest BCUT2D eigenvalue weighted by atomic mass is 10.1. The van der Waals surface area contributed by atoms with Crippen molar-refractivity contribution >= 4 is 0 Å². The summed E-state index contributed by atoms with van der Waals surface area (Å²) in [6, 6.07) is 0. The van der Waals surface area contributed by atoms with E-state index in [-0.39, 0.29) is 12.1 Å². The zero-order valence-corrected chi connectivity index (χ0v) is 7.80. The van der Waals surface area contributed by atoms with E-state index in [4.69, 9.17) is 10.8 Å². The third-order valence-electron chi connectivity index (χ3n) is 1.49. The maximum absolute atomic E-state index is 8.68. The smallest absolute Gasteiger partial charge is 0.0558 e. The first-order valence-electron chi connectivity index (χ1n) is 4.11. The van der Waals surface area contributed by atoms with Crippen LogP contribution in [0.2, 0.25) is 0 Å². The molecule has 0 atom stereocenters. The molecule has 0 heterocycles. The van der Waals surface area contributed by atoms with E-state index in [1.54, 1.807) is 0 Å². The lowest BCUT2D eigenvalue weighted by molar-refractivity contribution is 0.179. The van der Waals surface area contributed by atoms with Crippen LogP contribution in [-0.4, -0.2) is 41.8 Å². The molecule has 0 rings (SSSR count). The first-order chi connectivity index (χ1) is 4.99. The SMILES string of the molecule is CCN(CCO)CC(C)(C)N. The first-order valence-corrected chi connectivity index (χ1v) is 4.11. The molecule has 0 bridgehead atoms. The Bertz CT molecular complexity index is 98.8. The molecule has 68 valence electrons. The van der Waals surface area contributed by atoms with Crippen molar-refractivity contribution in [3.8, 4) is 0 Å². The minimum atomic E-state index is -0.162. The van der Waals surface area contributed by atoms with Crippen molar-refractivity contribution in [2.45, 2.75) is 26.3 Å². The average Bonchev–Trinajstić information content (AvgIpc) is 1.84. The average molecular weight is 160 g/mol. The molecule has 0 aromatic heterocycles. The molecule has 0 amide bonds. The van der Waals surface area contributed by atoms with E-state index < -0.39 is 0 Å². The summed E-state index contributed by atoms with van der Waals surface area (Å²) in [5, 5.41) is 8.68. The second kappa shape index (κ2) is 4.70. The highest BCUT2D eigenvalue weighted by molar-refractivity contribution is 4.76. The molecule has 0 aliphatic heterocycles. The summed E-state index contributed by atoms with van der Waals surface area (Å²) in [6.07, 6.45) is 0. The van der Waals surface area contributed by atoms with Gasteiger partial charge in [0.25, 0.3) is 0 Å². The van der Waals surface area contributed by atoms with Crippen molar-refractivity contribution in [1.82, 2.24) is 4.90 Å². The molecule has 0 spiro atoms. The molecule has 0 aromatic carbocycles. The number of nitrogens with zero attached hydrogens (tertiary/aromatic N) is 1. The van der Waals surface area contributed by atoms with Crippen LogP contribution < -0.4 is 5.73 Å². The molecule has 3 heteroatoms. The van der Waals surface area contributed by atoms with Crippen molar-refractivity contribution in [3.63, 3.8) is 0 Å². The number of likely N-dealkylation sites (N-methyl/N-ethyl adjacent to an activating group) is 1. The van der Waals surface area contributed by atoms with Crippen LogP contribution in [0.3, 0.4) is 0 Å². The van der Waals surface area contributed by atoms with Crippen LogP contribution in [-0.2, 0) is 0 Å². The predicted octanol–water partition coefficient (Wildman–Crippen LogP) is 0.0379. The van der Waals surface area contributed by atoms with Gasteiger partial charge in [0, 0.05) is 18.6 Å². The van der Waals surface area contributed by atoms with E-state index in [1.807, 2.05) is 13.8 Å². The van der Waals surface area contributed by atoms with Crippen molar-refractivity contribution in [2.24, 2.45) is 5.73 Å². The Morgan fingerprint density at radius 2 is 2.00 bits per heavy atom. The Labute approximate surface area is 69.2 Å². The van der Waals surface area contributed by atoms with Gasteiger partial charge in [-0.3, -0.25) is 4.90 Å². The number of hydrogen-bond donors (Lipinski definition) is 2. The van der Waals surface area contributed by atoms with E-state index >= 15 is 0 Å². The van der Waals surface area contributed by atoms with Gasteiger partial charge in [-0.25, -0.2) is 0 Å². The minimum Gasteiger partial charge on any atom is -0.395 e. The quantitative estimate of drug-likeness (QED) is 0.597. The summed E-state index contributed by atoms with van der Waals surface area (Å²) in [5.74, 6) is 0. The van der Waals surface area contributed by atoms with Gasteiger partial charge >= 0.3 is 0 Å². The van der Waals surface area contributed by atoms with Crippen LogP contribution in [0, 0.1) is 0 Å². The van der Waals surface area contributed by atoms with Crippen LogP contribution in [0.1, 0.15) is 20.8 Å². The van der Waals surface area contributed by atoms with Gasteiger partial charge < -0.3 is 10.8 Å². The molecule has 0 aromatic rings. The van der Waals surface area contributed by atoms with Crippen LogP contribution >= 0.6 is 0 Å². The lowest BCUT2D eigenvalue weighted by Gasteiger charge is -2.28. The Morgan fingerprint density at radius 1 is 1.45 bits per heavy atom. The van der Waals surface area contributed by atoms with E-state index in [9.17, 15) is 0 Å². The van der Waals surface area contributed by atoms with Crippen LogP contribution in [0.25, 0.3) is 0 Å². The number of rotatable bonds is 5. The molecule has 0 aliphatic carbocycles. The van der Waals surface area contributed by atoms with Gasteiger partial charge in [0.1, 0.15) is 0 Å². The van der Waals surface area contributed by atoms with Crippen LogP contribution in [0.5, 0.6) is 0 Å². The molecule has 0 unspecified atom stereocenters. The van der Waals surface area contributed by atoms with Gasteiger partial charge in [-0.2, -0.15) is 0 Å². The minimum absolute atomic E-state index is 0.162. The summed E-state index contributed by atoms with van der Waals surface area (Å²) in [4.78, 5) is 2.14. The second-order valence-electron chi connectivity index (χ2n) is 3.58. The maximum atomic E-state index is 8.68. The molecule has 0 radical (unpaired) electrons. The van der Waals surface area contributed by atoms with Gasteiger partial charge in [-0.05, 0) is 20.4 Å². The Morgan fingerprint density at radius 3 is 2.27 bits per heavy atom. The highest BCUT2D eigenvalue weighted by Gasteiger charge is 2.14. The predicted molar refractivity (Wildman–Crippen MR) is 47.5 cm³/mol. The second-order valence-corrected chi connectivity index (χ2v) is 3.58. The fourth-order valence-corrected chi connectivity index (χ4v) is 1.07. The molecular weight excluding hydrogens is 140 g/mol. The van der Waals surface area contributed by atoms with Crippen LogP contribution in [0.15, 0.2) is 0 Å². The molecule has 3 nitrogen and oxygen atoms in total. The van der Waals surface area contributed by atoms with Gasteiger partial charge in [0.2, 0.25) is 0 Å². The number of nitrogens with two attached hydrogens (primary N) is 1. The van der Waals surface area contributed by atoms with E-state index in [1.165, 1.54) is 0 Å². The van der Waals surface area contributed by atoms with Gasteiger partial charge in [0.05, 0.1) is 6.61 Å². The Kier molecular flexibility index (Phi) is 4.65. The van der Waals surface area contributed by atoms with Crippen LogP contribution in [0.4, 0.5) is 0 Å². The summed E-state index contributed by atoms with van der Waals surface area (Å²) in [5.41, 5.74) is 5.66. The Balaban J connectivity index is 3.68. The highest BCUT2D eigenvalue weighted by atomic mass is 16.3. The summed E-state index contributed by atoms with van der Waals surface area (Å²) in [7, 11) is 0. The molecule has 11 heavy (non-hydrogen) atoms. The molecule has 3 N–H and O–H groups in total. The Hall–Kier alpha value is -0.120. The van der Waals surface area contributed by atoms with Gasteiger partial charge in [-0.1, -0.05) is 6.92 Å². The van der Waals surface area contributed by atoms with Crippen molar-refractivity contribution in [1.29, 1.82) is 0 Å². The molecular formula is C8H20N2O. The van der Waals surface area contributed by atoms with Gasteiger partial charge in [-0.15, -0.1) is 0 Å². The number of hydrogen-bond acceptors (Lipinski definition) is 3. The zero-order chi connectivity index (χ0) is 8.91. The zero-order valence-electron chi connectivity index (χ0n) is 7.80. The lowest BCUT2D eigenvalue weighted by Crippen LogP contribution is -2.46. The molecule has 0 aliphatic rings. The van der Waals surface area contributed by atoms with E-state index in [2.05, 4.69) is 11.8 Å². The van der Waals surface area contributed by atoms with Crippen molar-refractivity contribution < 1.29 is 5.11 Å². The molecule has 0 saturated carbocycles. The third kappa shape index (κ3) is 6.28. The summed E-state index contributed by atoms with van der Waals surface area (Å²) < 4.78 is 0. The standard InChI is InChI=1S/C8H20N2O/c1-4-10(5-6-11)7-8(2,3)9/h11H,4-7,9H2,1-3H3. The van der Waals surface area contributed by atoms with E-state index in [0.29, 0.717) is 0 Å². The van der Waals surface area contributed by atoms with Gasteiger partial charge in [0.15, 0.2) is 0 Å². The van der Waals surface area contributed by atoms with Crippen molar-refractivity contribution in [3.05, 3.63) is 0 Å². The highest BCUT2D eigenvalue weighted by Crippen LogP contribution is 2.00. The van der Waals surface area contributed by atoms with E-state index in [0.717, 1.165) is 19.6 Å². The number of aliphatic hydroxyl groups excluding tert-OH is 1. The maximum Gasteiger partial charge on any atom is 0.0558 e. The topological polar surface area (TPSA) is 49.5 Å². The first kappa shape index (κ1) is 10.9. The molecule has 0 fully saturated rings. The van der Waals surface area contributed by atoms with Crippen molar-refractivity contribution in [2.75, 3.05) is 26.2 Å². The summed E-state index contributed by atoms with van der Waals surface area (Å²) in [6.45, 7) is 8.77. The fourth-order valence-electron chi connectivity index (χ4n) is 1.07. The summed E-state index contributed by atoms with van der Waals surface area (Å²) >= 11 is 0. The molecule has 0 saturated heterocycles.